The lowest BCUT2D eigenvalue weighted by Crippen LogP contribution is -2.24. The summed E-state index contributed by atoms with van der Waals surface area (Å²) in [5, 5.41) is 3.52. The molecule has 1 rings (SSSR count). The van der Waals surface area contributed by atoms with Crippen LogP contribution in [0.2, 0.25) is 0 Å². The van der Waals surface area contributed by atoms with Crippen molar-refractivity contribution in [2.24, 2.45) is 0 Å². The number of rotatable bonds is 10. The first kappa shape index (κ1) is 16.0. The first-order valence-corrected chi connectivity index (χ1v) is 7.72. The van der Waals surface area contributed by atoms with Crippen LogP contribution in [0.3, 0.4) is 0 Å². The van der Waals surface area contributed by atoms with Gasteiger partial charge < -0.3 is 10.1 Å². The fraction of sp³-hybridized carbons (Fsp3) is 0.647. The average Bonchev–Trinajstić information content (AvgIpc) is 2.45. The Bertz CT molecular complexity index is 338. The number of hydrogen-bond donors (Lipinski definition) is 1. The third-order valence-electron chi connectivity index (χ3n) is 3.48. The molecule has 0 aliphatic carbocycles. The average molecular weight is 263 g/mol. The zero-order valence-corrected chi connectivity index (χ0v) is 12.7. The van der Waals surface area contributed by atoms with Crippen LogP contribution >= 0.6 is 0 Å². The maximum atomic E-state index is 5.91. The molecule has 2 nitrogen and oxygen atoms in total. The third-order valence-corrected chi connectivity index (χ3v) is 3.48. The van der Waals surface area contributed by atoms with Crippen LogP contribution in [0.15, 0.2) is 24.3 Å². The third kappa shape index (κ3) is 6.63. The Labute approximate surface area is 118 Å². The Morgan fingerprint density at radius 2 is 1.89 bits per heavy atom. The smallest absolute Gasteiger partial charge is 0.123 e. The zero-order valence-electron chi connectivity index (χ0n) is 12.7. The molecular formula is C17H29NO. The molecule has 0 bridgehead atoms. The molecule has 0 spiro atoms. The molecule has 1 unspecified atom stereocenters. The highest BCUT2D eigenvalue weighted by Crippen LogP contribution is 2.18. The molecule has 19 heavy (non-hydrogen) atoms. The van der Waals surface area contributed by atoms with Gasteiger partial charge in [-0.3, -0.25) is 0 Å². The molecule has 0 saturated heterocycles. The molecule has 1 aromatic carbocycles. The van der Waals surface area contributed by atoms with Crippen molar-refractivity contribution < 1.29 is 4.74 Å². The van der Waals surface area contributed by atoms with Crippen molar-refractivity contribution >= 4 is 0 Å². The SMILES string of the molecule is CCCCCCOc1ccccc1CNC(C)CC. The van der Waals surface area contributed by atoms with Crippen LogP contribution in [0.4, 0.5) is 0 Å². The van der Waals surface area contributed by atoms with Gasteiger partial charge in [-0.1, -0.05) is 51.3 Å². The minimum Gasteiger partial charge on any atom is -0.493 e. The van der Waals surface area contributed by atoms with E-state index in [1.54, 1.807) is 0 Å². The molecule has 108 valence electrons. The fourth-order valence-electron chi connectivity index (χ4n) is 1.93. The maximum absolute atomic E-state index is 5.91. The van der Waals surface area contributed by atoms with Crippen LogP contribution in [0.5, 0.6) is 5.75 Å². The van der Waals surface area contributed by atoms with Gasteiger partial charge in [0.1, 0.15) is 5.75 Å². The summed E-state index contributed by atoms with van der Waals surface area (Å²) in [6.45, 7) is 8.37. The van der Waals surface area contributed by atoms with Crippen molar-refractivity contribution in [3.8, 4) is 5.75 Å². The lowest BCUT2D eigenvalue weighted by molar-refractivity contribution is 0.301. The van der Waals surface area contributed by atoms with Crippen molar-refractivity contribution in [1.29, 1.82) is 0 Å². The van der Waals surface area contributed by atoms with E-state index in [4.69, 9.17) is 4.74 Å². The van der Waals surface area contributed by atoms with E-state index >= 15 is 0 Å². The summed E-state index contributed by atoms with van der Waals surface area (Å²) in [4.78, 5) is 0. The molecule has 0 fully saturated rings. The zero-order chi connectivity index (χ0) is 13.9. The van der Waals surface area contributed by atoms with Crippen LogP contribution in [0, 0.1) is 0 Å². The summed E-state index contributed by atoms with van der Waals surface area (Å²) >= 11 is 0. The molecule has 0 radical (unpaired) electrons. The van der Waals surface area contributed by atoms with Crippen molar-refractivity contribution in [2.75, 3.05) is 6.61 Å². The summed E-state index contributed by atoms with van der Waals surface area (Å²) in [6.07, 6.45) is 6.15. The molecule has 1 aromatic rings. The number of para-hydroxylation sites is 1. The Hall–Kier alpha value is -1.02. The number of benzene rings is 1. The van der Waals surface area contributed by atoms with E-state index in [1.165, 1.54) is 24.8 Å². The predicted octanol–water partition coefficient (Wildman–Crippen LogP) is 4.53. The van der Waals surface area contributed by atoms with Gasteiger partial charge in [-0.15, -0.1) is 0 Å². The van der Waals surface area contributed by atoms with Crippen molar-refractivity contribution in [3.05, 3.63) is 29.8 Å². The lowest BCUT2D eigenvalue weighted by Gasteiger charge is -2.15. The summed E-state index contributed by atoms with van der Waals surface area (Å²) in [7, 11) is 0. The number of ether oxygens (including phenoxy) is 1. The van der Waals surface area contributed by atoms with Crippen LogP contribution < -0.4 is 10.1 Å². The molecule has 0 saturated carbocycles. The van der Waals surface area contributed by atoms with Gasteiger partial charge in [0.25, 0.3) is 0 Å². The summed E-state index contributed by atoms with van der Waals surface area (Å²) < 4.78 is 5.91. The highest BCUT2D eigenvalue weighted by atomic mass is 16.5. The Balaban J connectivity index is 2.39. The highest BCUT2D eigenvalue weighted by molar-refractivity contribution is 5.33. The number of nitrogens with one attached hydrogen (secondary N) is 1. The minimum atomic E-state index is 0.553. The second-order valence-corrected chi connectivity index (χ2v) is 5.21. The Morgan fingerprint density at radius 3 is 2.63 bits per heavy atom. The standard InChI is InChI=1S/C17H29NO/c1-4-6-7-10-13-19-17-12-9-8-11-16(17)14-18-15(3)5-2/h8-9,11-12,15,18H,4-7,10,13-14H2,1-3H3. The van der Waals surface area contributed by atoms with Crippen molar-refractivity contribution in [1.82, 2.24) is 5.32 Å². The molecule has 1 N–H and O–H groups in total. The van der Waals surface area contributed by atoms with Crippen LogP contribution in [-0.4, -0.2) is 12.6 Å². The van der Waals surface area contributed by atoms with E-state index < -0.39 is 0 Å². The summed E-state index contributed by atoms with van der Waals surface area (Å²) in [6, 6.07) is 8.91. The van der Waals surface area contributed by atoms with E-state index in [9.17, 15) is 0 Å². The van der Waals surface area contributed by atoms with E-state index in [1.807, 2.05) is 6.07 Å². The summed E-state index contributed by atoms with van der Waals surface area (Å²) in [5.74, 6) is 1.04. The normalized spacial score (nSPS) is 12.4. The monoisotopic (exact) mass is 263 g/mol. The van der Waals surface area contributed by atoms with Crippen LogP contribution in [0.25, 0.3) is 0 Å². The Morgan fingerprint density at radius 1 is 1.11 bits per heavy atom. The molecule has 0 amide bonds. The van der Waals surface area contributed by atoms with E-state index in [2.05, 4.69) is 44.3 Å². The molecule has 0 aliphatic rings. The van der Waals surface area contributed by atoms with Gasteiger partial charge in [0.2, 0.25) is 0 Å². The quantitative estimate of drug-likeness (QED) is 0.626. The van der Waals surface area contributed by atoms with Gasteiger partial charge in [-0.05, 0) is 25.8 Å². The highest BCUT2D eigenvalue weighted by Gasteiger charge is 2.04. The molecule has 2 heteroatoms. The van der Waals surface area contributed by atoms with Gasteiger partial charge in [0.05, 0.1) is 6.61 Å². The summed E-state index contributed by atoms with van der Waals surface area (Å²) in [5.41, 5.74) is 1.26. The molecule has 0 aromatic heterocycles. The largest absolute Gasteiger partial charge is 0.493 e. The number of hydrogen-bond acceptors (Lipinski definition) is 2. The van der Waals surface area contributed by atoms with Crippen LogP contribution in [-0.2, 0) is 6.54 Å². The predicted molar refractivity (Wildman–Crippen MR) is 82.7 cm³/mol. The molecular weight excluding hydrogens is 234 g/mol. The fourth-order valence-corrected chi connectivity index (χ4v) is 1.93. The lowest BCUT2D eigenvalue weighted by atomic mass is 10.1. The van der Waals surface area contributed by atoms with Gasteiger partial charge in [-0.2, -0.15) is 0 Å². The first-order valence-electron chi connectivity index (χ1n) is 7.72. The van der Waals surface area contributed by atoms with Gasteiger partial charge in [0, 0.05) is 18.2 Å². The topological polar surface area (TPSA) is 21.3 Å². The number of unbranched alkanes of at least 4 members (excludes halogenated alkanes) is 3. The maximum Gasteiger partial charge on any atom is 0.123 e. The van der Waals surface area contributed by atoms with E-state index in [0.29, 0.717) is 6.04 Å². The van der Waals surface area contributed by atoms with Gasteiger partial charge in [0.15, 0.2) is 0 Å². The second kappa shape index (κ2) is 9.85. The minimum absolute atomic E-state index is 0.553. The Kier molecular flexibility index (Phi) is 8.31. The molecule has 0 aliphatic heterocycles. The van der Waals surface area contributed by atoms with E-state index in [-0.39, 0.29) is 0 Å². The van der Waals surface area contributed by atoms with Crippen molar-refractivity contribution in [2.45, 2.75) is 65.5 Å². The van der Waals surface area contributed by atoms with Crippen molar-refractivity contribution in [3.63, 3.8) is 0 Å². The van der Waals surface area contributed by atoms with Gasteiger partial charge in [-0.25, -0.2) is 0 Å². The molecule has 1 atom stereocenters. The second-order valence-electron chi connectivity index (χ2n) is 5.21. The van der Waals surface area contributed by atoms with E-state index in [0.717, 1.165) is 31.7 Å². The van der Waals surface area contributed by atoms with Gasteiger partial charge >= 0.3 is 0 Å². The first-order chi connectivity index (χ1) is 9.27. The molecule has 0 heterocycles. The van der Waals surface area contributed by atoms with Crippen LogP contribution in [0.1, 0.15) is 58.4 Å².